The fourth-order valence-electron chi connectivity index (χ4n) is 2.06. The molecule has 1 aromatic heterocycles. The van der Waals surface area contributed by atoms with E-state index in [0.29, 0.717) is 12.6 Å². The minimum atomic E-state index is -0.332. The van der Waals surface area contributed by atoms with Gasteiger partial charge in [-0.25, -0.2) is 9.37 Å². The van der Waals surface area contributed by atoms with Gasteiger partial charge >= 0.3 is 0 Å². The second-order valence-electron chi connectivity index (χ2n) is 4.71. The van der Waals surface area contributed by atoms with Crippen LogP contribution in [0.2, 0.25) is 0 Å². The van der Waals surface area contributed by atoms with E-state index in [9.17, 15) is 4.39 Å². The second kappa shape index (κ2) is 7.05. The van der Waals surface area contributed by atoms with Crippen molar-refractivity contribution in [2.45, 2.75) is 32.5 Å². The molecule has 5 heteroatoms. The molecule has 0 aliphatic rings. The van der Waals surface area contributed by atoms with Gasteiger partial charge in [-0.3, -0.25) is 0 Å². The fraction of sp³-hybridized carbons (Fsp3) is 0.400. The zero-order valence-corrected chi connectivity index (χ0v) is 11.8. The number of aromatic nitrogens is 2. The largest absolute Gasteiger partial charge is 0.494 e. The normalized spacial score (nSPS) is 12.3. The van der Waals surface area contributed by atoms with E-state index in [1.54, 1.807) is 18.3 Å². The third-order valence-electron chi connectivity index (χ3n) is 3.29. The maximum absolute atomic E-state index is 13.3. The molecule has 0 saturated heterocycles. The van der Waals surface area contributed by atoms with E-state index in [2.05, 4.69) is 17.2 Å². The lowest BCUT2D eigenvalue weighted by molar-refractivity contribution is 0.384. The first-order valence-corrected chi connectivity index (χ1v) is 6.74. The van der Waals surface area contributed by atoms with Crippen molar-refractivity contribution >= 4 is 0 Å². The van der Waals surface area contributed by atoms with Crippen molar-refractivity contribution in [1.29, 1.82) is 0 Å². The molecule has 2 aromatic rings. The Balaban J connectivity index is 1.92. The summed E-state index contributed by atoms with van der Waals surface area (Å²) in [6, 6.07) is 5.29. The standard InChI is InChI=1S/C15H20FN3O/c1-3-13(10-19-7-6-17-11-19)18-9-12-4-5-14(16)15(8-12)20-2/h4-8,11,13,18H,3,9-10H2,1-2H3. The number of hydrogen-bond donors (Lipinski definition) is 1. The molecule has 0 aliphatic heterocycles. The van der Waals surface area contributed by atoms with Crippen molar-refractivity contribution in [3.63, 3.8) is 0 Å². The summed E-state index contributed by atoms with van der Waals surface area (Å²) in [6.45, 7) is 3.69. The van der Waals surface area contributed by atoms with Crippen LogP contribution < -0.4 is 10.1 Å². The molecule has 1 atom stereocenters. The molecule has 2 rings (SSSR count). The predicted octanol–water partition coefficient (Wildman–Crippen LogP) is 2.60. The minimum Gasteiger partial charge on any atom is -0.494 e. The van der Waals surface area contributed by atoms with Gasteiger partial charge in [0.15, 0.2) is 11.6 Å². The summed E-state index contributed by atoms with van der Waals surface area (Å²) in [6.07, 6.45) is 6.55. The van der Waals surface area contributed by atoms with Crippen LogP contribution in [0.25, 0.3) is 0 Å². The van der Waals surface area contributed by atoms with E-state index < -0.39 is 0 Å². The van der Waals surface area contributed by atoms with Gasteiger partial charge in [-0.1, -0.05) is 13.0 Å². The van der Waals surface area contributed by atoms with Crippen LogP contribution in [0.4, 0.5) is 4.39 Å². The number of halogens is 1. The highest BCUT2D eigenvalue weighted by Crippen LogP contribution is 2.18. The summed E-state index contributed by atoms with van der Waals surface area (Å²) in [5, 5.41) is 3.47. The highest BCUT2D eigenvalue weighted by molar-refractivity contribution is 5.30. The van der Waals surface area contributed by atoms with Crippen molar-refractivity contribution in [1.82, 2.24) is 14.9 Å². The molecule has 0 bridgehead atoms. The highest BCUT2D eigenvalue weighted by atomic mass is 19.1. The Morgan fingerprint density at radius 2 is 2.30 bits per heavy atom. The van der Waals surface area contributed by atoms with Crippen LogP contribution in [0.1, 0.15) is 18.9 Å². The summed E-state index contributed by atoms with van der Waals surface area (Å²) in [4.78, 5) is 4.04. The van der Waals surface area contributed by atoms with E-state index >= 15 is 0 Å². The van der Waals surface area contributed by atoms with Crippen molar-refractivity contribution in [3.8, 4) is 5.75 Å². The topological polar surface area (TPSA) is 39.1 Å². The molecule has 4 nitrogen and oxygen atoms in total. The number of methoxy groups -OCH3 is 1. The number of hydrogen-bond acceptors (Lipinski definition) is 3. The van der Waals surface area contributed by atoms with Crippen molar-refractivity contribution in [2.75, 3.05) is 7.11 Å². The van der Waals surface area contributed by atoms with Gasteiger partial charge in [0.2, 0.25) is 0 Å². The quantitative estimate of drug-likeness (QED) is 0.845. The Labute approximate surface area is 118 Å². The average molecular weight is 277 g/mol. The lowest BCUT2D eigenvalue weighted by Gasteiger charge is -2.17. The molecule has 0 saturated carbocycles. The minimum absolute atomic E-state index is 0.284. The molecule has 0 spiro atoms. The lowest BCUT2D eigenvalue weighted by Crippen LogP contribution is -2.31. The SMILES string of the molecule is CCC(Cn1ccnc1)NCc1ccc(F)c(OC)c1. The van der Waals surface area contributed by atoms with Crippen LogP contribution in [-0.4, -0.2) is 22.7 Å². The monoisotopic (exact) mass is 277 g/mol. The first-order valence-electron chi connectivity index (χ1n) is 6.74. The summed E-state index contributed by atoms with van der Waals surface area (Å²) >= 11 is 0. The van der Waals surface area contributed by atoms with Gasteiger partial charge in [-0.2, -0.15) is 0 Å². The van der Waals surface area contributed by atoms with E-state index in [4.69, 9.17) is 4.74 Å². The zero-order chi connectivity index (χ0) is 14.4. The molecule has 1 unspecified atom stereocenters. The van der Waals surface area contributed by atoms with Crippen LogP contribution >= 0.6 is 0 Å². The zero-order valence-electron chi connectivity index (χ0n) is 11.8. The Hall–Kier alpha value is -1.88. The number of rotatable bonds is 7. The first-order chi connectivity index (χ1) is 9.72. The van der Waals surface area contributed by atoms with E-state index in [1.807, 2.05) is 17.1 Å². The Morgan fingerprint density at radius 1 is 1.45 bits per heavy atom. The first kappa shape index (κ1) is 14.5. The lowest BCUT2D eigenvalue weighted by atomic mass is 10.1. The van der Waals surface area contributed by atoms with Crippen LogP contribution in [0.15, 0.2) is 36.9 Å². The van der Waals surface area contributed by atoms with E-state index in [-0.39, 0.29) is 11.6 Å². The Morgan fingerprint density at radius 3 is 2.95 bits per heavy atom. The van der Waals surface area contributed by atoms with Crippen molar-refractivity contribution < 1.29 is 9.13 Å². The molecule has 108 valence electrons. The van der Waals surface area contributed by atoms with Crippen LogP contribution in [0, 0.1) is 5.82 Å². The fourth-order valence-corrected chi connectivity index (χ4v) is 2.06. The number of nitrogens with zero attached hydrogens (tertiary/aromatic N) is 2. The van der Waals surface area contributed by atoms with Gasteiger partial charge in [0.05, 0.1) is 13.4 Å². The van der Waals surface area contributed by atoms with Crippen LogP contribution in [-0.2, 0) is 13.1 Å². The van der Waals surface area contributed by atoms with Crippen LogP contribution in [0.5, 0.6) is 5.75 Å². The maximum Gasteiger partial charge on any atom is 0.165 e. The summed E-state index contributed by atoms with van der Waals surface area (Å²) in [5.41, 5.74) is 1.01. The van der Waals surface area contributed by atoms with Gasteiger partial charge < -0.3 is 14.6 Å². The van der Waals surface area contributed by atoms with Gasteiger partial charge in [0.25, 0.3) is 0 Å². The highest BCUT2D eigenvalue weighted by Gasteiger charge is 2.08. The third-order valence-corrected chi connectivity index (χ3v) is 3.29. The number of imidazole rings is 1. The Kier molecular flexibility index (Phi) is 5.12. The molecular formula is C15H20FN3O. The third kappa shape index (κ3) is 3.81. The van der Waals surface area contributed by atoms with Gasteiger partial charge in [-0.05, 0) is 24.1 Å². The Bertz CT molecular complexity index is 528. The summed E-state index contributed by atoms with van der Waals surface area (Å²) in [7, 11) is 1.48. The smallest absolute Gasteiger partial charge is 0.165 e. The average Bonchev–Trinajstić information content (AvgIpc) is 2.97. The molecule has 20 heavy (non-hydrogen) atoms. The van der Waals surface area contributed by atoms with Crippen molar-refractivity contribution in [3.05, 3.63) is 48.3 Å². The molecule has 0 aliphatic carbocycles. The maximum atomic E-state index is 13.3. The van der Waals surface area contributed by atoms with Gasteiger partial charge in [0, 0.05) is 31.5 Å². The molecule has 0 amide bonds. The number of benzene rings is 1. The van der Waals surface area contributed by atoms with Gasteiger partial charge in [-0.15, -0.1) is 0 Å². The molecule has 0 radical (unpaired) electrons. The second-order valence-corrected chi connectivity index (χ2v) is 4.71. The molecule has 1 aromatic carbocycles. The van der Waals surface area contributed by atoms with Crippen LogP contribution in [0.3, 0.4) is 0 Å². The van der Waals surface area contributed by atoms with Crippen molar-refractivity contribution in [2.24, 2.45) is 0 Å². The van der Waals surface area contributed by atoms with Gasteiger partial charge in [0.1, 0.15) is 0 Å². The molecule has 1 N–H and O–H groups in total. The summed E-state index contributed by atoms with van der Waals surface area (Å²) in [5.74, 6) is -0.0475. The molecule has 0 fully saturated rings. The van der Waals surface area contributed by atoms with E-state index in [1.165, 1.54) is 13.2 Å². The molecular weight excluding hydrogens is 257 g/mol. The number of nitrogens with one attached hydrogen (secondary N) is 1. The molecule has 1 heterocycles. The summed E-state index contributed by atoms with van der Waals surface area (Å²) < 4.78 is 20.4. The number of ether oxygens (including phenoxy) is 1. The predicted molar refractivity (Wildman–Crippen MR) is 76.1 cm³/mol. The van der Waals surface area contributed by atoms with E-state index in [0.717, 1.165) is 18.5 Å².